The number of nitrogens with zero attached hydrogens (tertiary/aromatic N) is 1. The fourth-order valence-corrected chi connectivity index (χ4v) is 2.23. The molecule has 0 aromatic carbocycles. The maximum atomic E-state index is 11.2. The van der Waals surface area contributed by atoms with Crippen molar-refractivity contribution in [2.45, 2.75) is 58.1 Å². The van der Waals surface area contributed by atoms with Gasteiger partial charge >= 0.3 is 0 Å². The number of hydrogen-bond acceptors (Lipinski definition) is 3. The smallest absolute Gasteiger partial charge is 0.219 e. The topological polar surface area (TPSA) is 52.6 Å². The van der Waals surface area contributed by atoms with Crippen molar-refractivity contribution in [3.8, 4) is 0 Å². The minimum atomic E-state index is -0.572. The maximum absolute atomic E-state index is 11.2. The van der Waals surface area contributed by atoms with Crippen LogP contribution in [0.2, 0.25) is 0 Å². The maximum Gasteiger partial charge on any atom is 0.219 e. The Morgan fingerprint density at radius 3 is 2.29 bits per heavy atom. The average molecular weight is 242 g/mol. The molecule has 1 aliphatic rings. The van der Waals surface area contributed by atoms with Crippen molar-refractivity contribution in [2.75, 3.05) is 19.6 Å². The molecule has 0 unspecified atom stereocenters. The van der Waals surface area contributed by atoms with Crippen molar-refractivity contribution in [3.05, 3.63) is 0 Å². The molecule has 17 heavy (non-hydrogen) atoms. The summed E-state index contributed by atoms with van der Waals surface area (Å²) >= 11 is 0. The molecule has 0 radical (unpaired) electrons. The molecule has 0 aliphatic carbocycles. The van der Waals surface area contributed by atoms with Gasteiger partial charge in [-0.25, -0.2) is 0 Å². The zero-order valence-electron chi connectivity index (χ0n) is 11.3. The number of carbonyl (C=O) groups is 1. The van der Waals surface area contributed by atoms with Crippen LogP contribution in [0.15, 0.2) is 0 Å². The molecule has 1 rings (SSSR count). The van der Waals surface area contributed by atoms with Gasteiger partial charge in [-0.15, -0.1) is 0 Å². The molecule has 100 valence electrons. The SMILES string of the molecule is CCC(O)(CC)CNC1CCN(C(C)=O)CC1. The lowest BCUT2D eigenvalue weighted by atomic mass is 9.96. The zero-order chi connectivity index (χ0) is 12.9. The van der Waals surface area contributed by atoms with Crippen molar-refractivity contribution in [1.82, 2.24) is 10.2 Å². The highest BCUT2D eigenvalue weighted by Crippen LogP contribution is 2.15. The summed E-state index contributed by atoms with van der Waals surface area (Å²) in [4.78, 5) is 13.1. The fourth-order valence-electron chi connectivity index (χ4n) is 2.23. The summed E-state index contributed by atoms with van der Waals surface area (Å²) in [7, 11) is 0. The van der Waals surface area contributed by atoms with Crippen LogP contribution in [0.3, 0.4) is 0 Å². The highest BCUT2D eigenvalue weighted by atomic mass is 16.3. The number of amides is 1. The van der Waals surface area contributed by atoms with Gasteiger partial charge in [-0.05, 0) is 25.7 Å². The van der Waals surface area contributed by atoms with E-state index in [4.69, 9.17) is 0 Å². The van der Waals surface area contributed by atoms with Crippen LogP contribution in [0.4, 0.5) is 0 Å². The van der Waals surface area contributed by atoms with E-state index < -0.39 is 5.60 Å². The summed E-state index contributed by atoms with van der Waals surface area (Å²) < 4.78 is 0. The molecule has 0 atom stereocenters. The van der Waals surface area contributed by atoms with Gasteiger partial charge in [-0.1, -0.05) is 13.8 Å². The predicted octanol–water partition coefficient (Wildman–Crippen LogP) is 1.14. The molecule has 1 fully saturated rings. The average Bonchev–Trinajstić information content (AvgIpc) is 2.36. The van der Waals surface area contributed by atoms with Crippen molar-refractivity contribution >= 4 is 5.91 Å². The van der Waals surface area contributed by atoms with Gasteiger partial charge in [0, 0.05) is 32.6 Å². The Kier molecular flexibility index (Phi) is 5.40. The Labute approximate surface area is 104 Å². The van der Waals surface area contributed by atoms with Gasteiger partial charge < -0.3 is 15.3 Å². The van der Waals surface area contributed by atoms with Gasteiger partial charge in [0.15, 0.2) is 0 Å². The standard InChI is InChI=1S/C13H26N2O2/c1-4-13(17,5-2)10-14-12-6-8-15(9-7-12)11(3)16/h12,14,17H,4-10H2,1-3H3. The highest BCUT2D eigenvalue weighted by Gasteiger charge is 2.25. The molecule has 1 aliphatic heterocycles. The van der Waals surface area contributed by atoms with Gasteiger partial charge in [0.05, 0.1) is 5.60 Å². The molecule has 0 aromatic rings. The minimum Gasteiger partial charge on any atom is -0.389 e. The summed E-state index contributed by atoms with van der Waals surface area (Å²) in [5.41, 5.74) is -0.572. The molecule has 1 heterocycles. The third-order valence-electron chi connectivity index (χ3n) is 3.98. The number of nitrogens with one attached hydrogen (secondary N) is 1. The monoisotopic (exact) mass is 242 g/mol. The Morgan fingerprint density at radius 1 is 1.35 bits per heavy atom. The van der Waals surface area contributed by atoms with Crippen LogP contribution in [-0.4, -0.2) is 47.2 Å². The normalized spacial score (nSPS) is 18.5. The molecule has 2 N–H and O–H groups in total. The quantitative estimate of drug-likeness (QED) is 0.760. The molecule has 1 saturated heterocycles. The van der Waals surface area contributed by atoms with E-state index in [1.165, 1.54) is 0 Å². The van der Waals surface area contributed by atoms with E-state index >= 15 is 0 Å². The number of carbonyl (C=O) groups excluding carboxylic acids is 1. The van der Waals surface area contributed by atoms with Crippen LogP contribution in [0, 0.1) is 0 Å². The van der Waals surface area contributed by atoms with E-state index in [0.717, 1.165) is 38.8 Å². The lowest BCUT2D eigenvalue weighted by molar-refractivity contribution is -0.129. The van der Waals surface area contributed by atoms with Gasteiger partial charge in [0.1, 0.15) is 0 Å². The first kappa shape index (κ1) is 14.5. The van der Waals surface area contributed by atoms with E-state index in [2.05, 4.69) is 5.32 Å². The Balaban J connectivity index is 2.29. The molecule has 0 spiro atoms. The molecule has 0 aromatic heterocycles. The lowest BCUT2D eigenvalue weighted by Gasteiger charge is -2.34. The molecular formula is C13H26N2O2. The summed E-state index contributed by atoms with van der Waals surface area (Å²) in [5, 5.41) is 13.6. The van der Waals surface area contributed by atoms with Crippen molar-refractivity contribution in [3.63, 3.8) is 0 Å². The van der Waals surface area contributed by atoms with Crippen LogP contribution in [-0.2, 0) is 4.79 Å². The fraction of sp³-hybridized carbons (Fsp3) is 0.923. The molecule has 0 bridgehead atoms. The van der Waals surface area contributed by atoms with Crippen molar-refractivity contribution in [1.29, 1.82) is 0 Å². The molecule has 4 nitrogen and oxygen atoms in total. The summed E-state index contributed by atoms with van der Waals surface area (Å²) in [5.74, 6) is 0.169. The zero-order valence-corrected chi connectivity index (χ0v) is 11.3. The number of aliphatic hydroxyl groups is 1. The first-order valence-corrected chi connectivity index (χ1v) is 6.72. The number of rotatable bonds is 5. The first-order chi connectivity index (χ1) is 8.00. The summed E-state index contributed by atoms with van der Waals surface area (Å²) in [6.45, 7) is 7.99. The third kappa shape index (κ3) is 4.28. The summed E-state index contributed by atoms with van der Waals surface area (Å²) in [6, 6.07) is 0.440. The van der Waals surface area contributed by atoms with Gasteiger partial charge in [0.2, 0.25) is 5.91 Å². The lowest BCUT2D eigenvalue weighted by Crippen LogP contribution is -2.49. The molecule has 0 saturated carbocycles. The van der Waals surface area contributed by atoms with Crippen LogP contribution >= 0.6 is 0 Å². The largest absolute Gasteiger partial charge is 0.389 e. The Hall–Kier alpha value is -0.610. The minimum absolute atomic E-state index is 0.169. The van der Waals surface area contributed by atoms with Gasteiger partial charge in [0.25, 0.3) is 0 Å². The number of likely N-dealkylation sites (tertiary alicyclic amines) is 1. The van der Waals surface area contributed by atoms with E-state index in [-0.39, 0.29) is 5.91 Å². The molecule has 1 amide bonds. The van der Waals surface area contributed by atoms with E-state index in [9.17, 15) is 9.90 Å². The predicted molar refractivity (Wildman–Crippen MR) is 68.8 cm³/mol. The van der Waals surface area contributed by atoms with Crippen LogP contribution < -0.4 is 5.32 Å². The van der Waals surface area contributed by atoms with Crippen LogP contribution in [0.5, 0.6) is 0 Å². The third-order valence-corrected chi connectivity index (χ3v) is 3.98. The second-order valence-electron chi connectivity index (χ2n) is 5.09. The van der Waals surface area contributed by atoms with Crippen LogP contribution in [0.1, 0.15) is 46.5 Å². The van der Waals surface area contributed by atoms with Gasteiger partial charge in [-0.2, -0.15) is 0 Å². The van der Waals surface area contributed by atoms with E-state index in [1.807, 2.05) is 18.7 Å². The van der Waals surface area contributed by atoms with E-state index in [0.29, 0.717) is 12.6 Å². The second-order valence-corrected chi connectivity index (χ2v) is 5.09. The van der Waals surface area contributed by atoms with E-state index in [1.54, 1.807) is 6.92 Å². The second kappa shape index (κ2) is 6.36. The van der Waals surface area contributed by atoms with Crippen molar-refractivity contribution < 1.29 is 9.90 Å². The van der Waals surface area contributed by atoms with Gasteiger partial charge in [-0.3, -0.25) is 4.79 Å². The summed E-state index contributed by atoms with van der Waals surface area (Å²) in [6.07, 6.45) is 3.54. The first-order valence-electron chi connectivity index (χ1n) is 6.72. The van der Waals surface area contributed by atoms with Crippen molar-refractivity contribution in [2.24, 2.45) is 0 Å². The Morgan fingerprint density at radius 2 is 1.88 bits per heavy atom. The van der Waals surface area contributed by atoms with Crippen LogP contribution in [0.25, 0.3) is 0 Å². The Bertz CT molecular complexity index is 244. The highest BCUT2D eigenvalue weighted by molar-refractivity contribution is 5.73. The molecule has 4 heteroatoms. The number of piperidine rings is 1. The molecular weight excluding hydrogens is 216 g/mol. The number of hydrogen-bond donors (Lipinski definition) is 2.